The zero-order valence-electron chi connectivity index (χ0n) is 14.8. The number of thioether (sulfide) groups is 1. The molecule has 0 bridgehead atoms. The molecule has 0 fully saturated rings. The Bertz CT molecular complexity index is 996. The smallest absolute Gasteiger partial charge is 0.306 e. The van der Waals surface area contributed by atoms with Gasteiger partial charge in [0.05, 0.1) is 11.8 Å². The van der Waals surface area contributed by atoms with Gasteiger partial charge in [0.1, 0.15) is 10.8 Å². The number of aliphatic imine (C=N–C) groups is 1. The molecular formula is C17H18N4O4S2. The first-order chi connectivity index (χ1) is 12.8. The number of hydrogen-bond acceptors (Lipinski definition) is 7. The Morgan fingerprint density at radius 3 is 2.85 bits per heavy atom. The summed E-state index contributed by atoms with van der Waals surface area (Å²) in [5.41, 5.74) is 0.598. The number of fused-ring (bicyclic) bond motifs is 1. The van der Waals surface area contributed by atoms with Gasteiger partial charge >= 0.3 is 10.1 Å². The fourth-order valence-corrected chi connectivity index (χ4v) is 3.84. The van der Waals surface area contributed by atoms with E-state index in [0.717, 1.165) is 30.6 Å². The van der Waals surface area contributed by atoms with E-state index < -0.39 is 16.0 Å². The highest BCUT2D eigenvalue weighted by molar-refractivity contribution is 8.26. The number of amides is 1. The Kier molecular flexibility index (Phi) is 5.47. The number of hydrogen-bond donors (Lipinski definition) is 1. The lowest BCUT2D eigenvalue weighted by atomic mass is 10.1. The quantitative estimate of drug-likeness (QED) is 0.574. The van der Waals surface area contributed by atoms with Gasteiger partial charge < -0.3 is 4.18 Å². The molecule has 1 aromatic carbocycles. The summed E-state index contributed by atoms with van der Waals surface area (Å²) in [7, 11) is -3.65. The number of rotatable bonds is 6. The SMILES string of the molecule is CCCCC1=NN2C(=N)C(=Cc3cccc(OS(C)(=O)=O)c3)C(=O)N=C2S1. The number of carbonyl (C=O) groups is 1. The highest BCUT2D eigenvalue weighted by Gasteiger charge is 2.35. The van der Waals surface area contributed by atoms with Gasteiger partial charge in [-0.15, -0.1) is 0 Å². The van der Waals surface area contributed by atoms with Crippen LogP contribution in [0.25, 0.3) is 6.08 Å². The Hall–Kier alpha value is -2.46. The van der Waals surface area contributed by atoms with Gasteiger partial charge in [0.25, 0.3) is 5.91 Å². The van der Waals surface area contributed by atoms with Crippen molar-refractivity contribution in [2.45, 2.75) is 26.2 Å². The normalized spacial score (nSPS) is 18.4. The van der Waals surface area contributed by atoms with E-state index in [1.807, 2.05) is 0 Å². The monoisotopic (exact) mass is 406 g/mol. The van der Waals surface area contributed by atoms with Crippen LogP contribution in [0, 0.1) is 5.41 Å². The summed E-state index contributed by atoms with van der Waals surface area (Å²) in [5, 5.41) is 15.3. The molecule has 3 rings (SSSR count). The maximum atomic E-state index is 12.4. The van der Waals surface area contributed by atoms with E-state index in [2.05, 4.69) is 17.0 Å². The van der Waals surface area contributed by atoms with Crippen LogP contribution in [0.2, 0.25) is 0 Å². The van der Waals surface area contributed by atoms with Crippen molar-refractivity contribution in [3.63, 3.8) is 0 Å². The summed E-state index contributed by atoms with van der Waals surface area (Å²) in [4.78, 5) is 16.4. The van der Waals surface area contributed by atoms with Crippen LogP contribution in [0.5, 0.6) is 5.75 Å². The highest BCUT2D eigenvalue weighted by atomic mass is 32.2. The predicted molar refractivity (Wildman–Crippen MR) is 106 cm³/mol. The molecule has 1 amide bonds. The van der Waals surface area contributed by atoms with Gasteiger partial charge in [-0.2, -0.15) is 23.5 Å². The molecule has 2 aliphatic rings. The summed E-state index contributed by atoms with van der Waals surface area (Å²) < 4.78 is 27.4. The van der Waals surface area contributed by atoms with Crippen molar-refractivity contribution in [3.8, 4) is 5.75 Å². The van der Waals surface area contributed by atoms with E-state index in [0.29, 0.717) is 10.7 Å². The predicted octanol–water partition coefficient (Wildman–Crippen LogP) is 2.83. The third-order valence-electron chi connectivity index (χ3n) is 3.66. The van der Waals surface area contributed by atoms with Crippen LogP contribution < -0.4 is 4.18 Å². The standard InChI is InChI=1S/C17H18N4O4S2/c1-3-4-8-14-20-21-15(18)13(16(22)19-17(21)26-14)10-11-6-5-7-12(9-11)25-27(2,23)24/h5-7,9-10,18H,3-4,8H2,1-2H3. The first kappa shape index (κ1) is 19.3. The van der Waals surface area contributed by atoms with Gasteiger partial charge in [-0.3, -0.25) is 10.2 Å². The molecule has 0 saturated carbocycles. The Morgan fingerprint density at radius 1 is 1.37 bits per heavy atom. The van der Waals surface area contributed by atoms with Crippen LogP contribution in [0.4, 0.5) is 0 Å². The zero-order valence-corrected chi connectivity index (χ0v) is 16.4. The van der Waals surface area contributed by atoms with Crippen molar-refractivity contribution in [2.24, 2.45) is 10.1 Å². The van der Waals surface area contributed by atoms with Crippen LogP contribution in [-0.2, 0) is 14.9 Å². The Balaban J connectivity index is 1.88. The zero-order chi connectivity index (χ0) is 19.6. The maximum absolute atomic E-state index is 12.4. The number of amidine groups is 2. The van der Waals surface area contributed by atoms with Crippen molar-refractivity contribution in [3.05, 3.63) is 35.4 Å². The number of carbonyl (C=O) groups excluding carboxylic acids is 1. The van der Waals surface area contributed by atoms with Gasteiger partial charge in [-0.1, -0.05) is 25.5 Å². The van der Waals surface area contributed by atoms with Gasteiger partial charge in [-0.05, 0) is 48.4 Å². The molecule has 27 heavy (non-hydrogen) atoms. The summed E-state index contributed by atoms with van der Waals surface area (Å²) in [6.45, 7) is 2.08. The van der Waals surface area contributed by atoms with Crippen molar-refractivity contribution in [1.82, 2.24) is 5.01 Å². The summed E-state index contributed by atoms with van der Waals surface area (Å²) in [5.74, 6) is -0.457. The number of benzene rings is 1. The topological polar surface area (TPSA) is 112 Å². The van der Waals surface area contributed by atoms with Crippen LogP contribution in [0.15, 0.2) is 39.9 Å². The number of nitrogens with one attached hydrogen (secondary N) is 1. The fraction of sp³-hybridized carbons (Fsp3) is 0.294. The van der Waals surface area contributed by atoms with Gasteiger partial charge in [-0.25, -0.2) is 0 Å². The largest absolute Gasteiger partial charge is 0.383 e. The average molecular weight is 406 g/mol. The second kappa shape index (κ2) is 7.65. The molecule has 0 unspecified atom stereocenters. The molecule has 10 heteroatoms. The van der Waals surface area contributed by atoms with Crippen molar-refractivity contribution in [1.29, 1.82) is 5.41 Å². The lowest BCUT2D eigenvalue weighted by Gasteiger charge is -2.20. The third kappa shape index (κ3) is 4.64. The first-order valence-corrected chi connectivity index (χ1v) is 10.9. The van der Waals surface area contributed by atoms with Crippen LogP contribution in [-0.4, -0.2) is 41.6 Å². The second-order valence-electron chi connectivity index (χ2n) is 5.98. The van der Waals surface area contributed by atoms with Gasteiger partial charge in [0, 0.05) is 0 Å². The average Bonchev–Trinajstić information content (AvgIpc) is 2.98. The molecular weight excluding hydrogens is 388 g/mol. The minimum atomic E-state index is -3.65. The number of hydrazone groups is 1. The number of unbranched alkanes of at least 4 members (excludes halogenated alkanes) is 1. The first-order valence-electron chi connectivity index (χ1n) is 8.25. The molecule has 0 spiro atoms. The molecule has 1 aromatic rings. The molecule has 1 N–H and O–H groups in total. The van der Waals surface area contributed by atoms with E-state index in [1.54, 1.807) is 12.1 Å². The van der Waals surface area contributed by atoms with Gasteiger partial charge in [0.2, 0.25) is 5.17 Å². The van der Waals surface area contributed by atoms with Crippen LogP contribution in [0.3, 0.4) is 0 Å². The van der Waals surface area contributed by atoms with Gasteiger partial charge in [0.15, 0.2) is 5.84 Å². The molecule has 8 nitrogen and oxygen atoms in total. The van der Waals surface area contributed by atoms with E-state index >= 15 is 0 Å². The summed E-state index contributed by atoms with van der Waals surface area (Å²) in [6.07, 6.45) is 5.21. The molecule has 0 saturated heterocycles. The number of nitrogens with zero attached hydrogens (tertiary/aromatic N) is 3. The molecule has 0 aliphatic carbocycles. The van der Waals surface area contributed by atoms with Crippen LogP contribution >= 0.6 is 11.8 Å². The van der Waals surface area contributed by atoms with E-state index in [1.165, 1.54) is 35.0 Å². The summed E-state index contributed by atoms with van der Waals surface area (Å²) >= 11 is 1.31. The molecule has 142 valence electrons. The third-order valence-corrected chi connectivity index (χ3v) is 5.12. The molecule has 0 aromatic heterocycles. The van der Waals surface area contributed by atoms with E-state index in [-0.39, 0.29) is 17.2 Å². The Labute approximate surface area is 161 Å². The lowest BCUT2D eigenvalue weighted by molar-refractivity contribution is -0.114. The minimum Gasteiger partial charge on any atom is -0.383 e. The fourth-order valence-electron chi connectivity index (χ4n) is 2.46. The second-order valence-corrected chi connectivity index (χ2v) is 8.59. The van der Waals surface area contributed by atoms with E-state index in [9.17, 15) is 13.2 Å². The lowest BCUT2D eigenvalue weighted by Crippen LogP contribution is -2.35. The van der Waals surface area contributed by atoms with Crippen molar-refractivity contribution in [2.75, 3.05) is 6.26 Å². The summed E-state index contributed by atoms with van der Waals surface area (Å²) in [6, 6.07) is 6.25. The van der Waals surface area contributed by atoms with E-state index in [4.69, 9.17) is 9.59 Å². The maximum Gasteiger partial charge on any atom is 0.306 e. The molecule has 0 atom stereocenters. The highest BCUT2D eigenvalue weighted by Crippen LogP contribution is 2.30. The minimum absolute atomic E-state index is 0.0570. The molecule has 2 aliphatic heterocycles. The molecule has 2 heterocycles. The Morgan fingerprint density at radius 2 is 2.15 bits per heavy atom. The van der Waals surface area contributed by atoms with Crippen LogP contribution in [0.1, 0.15) is 31.7 Å². The molecule has 0 radical (unpaired) electrons. The van der Waals surface area contributed by atoms with Crippen molar-refractivity contribution < 1.29 is 17.4 Å². The van der Waals surface area contributed by atoms with Crippen molar-refractivity contribution >= 4 is 49.9 Å².